The molecule has 0 spiro atoms. The molecule has 23 heavy (non-hydrogen) atoms. The molecule has 2 rings (SSSR count). The van der Waals surface area contributed by atoms with Crippen LogP contribution in [-0.4, -0.2) is 41.3 Å². The van der Waals surface area contributed by atoms with Crippen LogP contribution < -0.4 is 5.32 Å². The van der Waals surface area contributed by atoms with E-state index in [1.807, 2.05) is 20.8 Å². The van der Waals surface area contributed by atoms with E-state index in [2.05, 4.69) is 5.32 Å². The summed E-state index contributed by atoms with van der Waals surface area (Å²) in [6.07, 6.45) is 0.649. The van der Waals surface area contributed by atoms with Crippen molar-refractivity contribution in [3.63, 3.8) is 0 Å². The number of phenolic OH excluding ortho intramolecular Hbond substituents is 1. The van der Waals surface area contributed by atoms with Crippen molar-refractivity contribution in [3.8, 4) is 5.75 Å². The number of phenols is 1. The molecule has 0 bridgehead atoms. The number of carbonyl (C=O) groups excluding carboxylic acids is 1. The summed E-state index contributed by atoms with van der Waals surface area (Å²) in [6.45, 7) is 8.14. The maximum absolute atomic E-state index is 13.2. The van der Waals surface area contributed by atoms with Crippen LogP contribution in [0.5, 0.6) is 5.75 Å². The van der Waals surface area contributed by atoms with Gasteiger partial charge in [-0.25, -0.2) is 9.18 Å². The molecular weight excluding hydrogens is 299 g/mol. The molecule has 1 atom stereocenters. The van der Waals surface area contributed by atoms with E-state index >= 15 is 0 Å². The van der Waals surface area contributed by atoms with Crippen LogP contribution in [0.1, 0.15) is 32.8 Å². The highest BCUT2D eigenvalue weighted by Gasteiger charge is 2.29. The Labute approximate surface area is 136 Å². The fourth-order valence-corrected chi connectivity index (χ4v) is 2.65. The fraction of sp³-hybridized carbons (Fsp3) is 0.588. The quantitative estimate of drug-likeness (QED) is 0.894. The van der Waals surface area contributed by atoms with Gasteiger partial charge in [0.25, 0.3) is 0 Å². The molecule has 1 aromatic rings. The highest BCUT2D eigenvalue weighted by Crippen LogP contribution is 2.19. The number of aromatic hydroxyl groups is 1. The van der Waals surface area contributed by atoms with Crippen molar-refractivity contribution < 1.29 is 19.0 Å². The number of likely N-dealkylation sites (tertiary alicyclic amines) is 1. The van der Waals surface area contributed by atoms with E-state index in [4.69, 9.17) is 4.74 Å². The lowest BCUT2D eigenvalue weighted by Crippen LogP contribution is -2.36. The first-order valence-electron chi connectivity index (χ1n) is 7.90. The monoisotopic (exact) mass is 324 g/mol. The van der Waals surface area contributed by atoms with Crippen molar-refractivity contribution in [2.24, 2.45) is 5.92 Å². The smallest absolute Gasteiger partial charge is 0.410 e. The average molecular weight is 324 g/mol. The molecule has 0 aromatic heterocycles. The van der Waals surface area contributed by atoms with Crippen LogP contribution in [0.25, 0.3) is 0 Å². The Hall–Kier alpha value is -1.82. The Morgan fingerprint density at radius 3 is 2.83 bits per heavy atom. The van der Waals surface area contributed by atoms with E-state index in [1.54, 1.807) is 4.90 Å². The summed E-state index contributed by atoms with van der Waals surface area (Å²) in [5, 5.41) is 12.6. The molecule has 1 fully saturated rings. The van der Waals surface area contributed by atoms with Gasteiger partial charge >= 0.3 is 6.09 Å². The van der Waals surface area contributed by atoms with Gasteiger partial charge in [0.2, 0.25) is 0 Å². The molecule has 1 aliphatic heterocycles. The second-order valence-electron chi connectivity index (χ2n) is 7.03. The molecule has 6 heteroatoms. The van der Waals surface area contributed by atoms with Crippen molar-refractivity contribution in [3.05, 3.63) is 29.6 Å². The molecule has 5 nitrogen and oxygen atoms in total. The van der Waals surface area contributed by atoms with Crippen molar-refractivity contribution in [2.75, 3.05) is 19.6 Å². The Morgan fingerprint density at radius 2 is 2.17 bits per heavy atom. The molecule has 1 aromatic carbocycles. The number of nitrogens with zero attached hydrogens (tertiary/aromatic N) is 1. The highest BCUT2D eigenvalue weighted by molar-refractivity contribution is 5.68. The minimum absolute atomic E-state index is 0.0706. The first-order valence-corrected chi connectivity index (χ1v) is 7.90. The second-order valence-corrected chi connectivity index (χ2v) is 7.03. The van der Waals surface area contributed by atoms with Gasteiger partial charge in [-0.05, 0) is 50.8 Å². The zero-order valence-corrected chi connectivity index (χ0v) is 13.9. The van der Waals surface area contributed by atoms with Gasteiger partial charge in [0.1, 0.15) is 17.2 Å². The van der Waals surface area contributed by atoms with E-state index in [0.29, 0.717) is 31.1 Å². The summed E-state index contributed by atoms with van der Waals surface area (Å²) in [5.74, 6) is -0.165. The van der Waals surface area contributed by atoms with Crippen LogP contribution in [0.4, 0.5) is 9.18 Å². The van der Waals surface area contributed by atoms with Gasteiger partial charge < -0.3 is 20.1 Å². The Morgan fingerprint density at radius 1 is 1.43 bits per heavy atom. The van der Waals surface area contributed by atoms with Crippen molar-refractivity contribution in [1.82, 2.24) is 10.2 Å². The third-order valence-corrected chi connectivity index (χ3v) is 3.64. The van der Waals surface area contributed by atoms with Crippen molar-refractivity contribution in [2.45, 2.75) is 39.3 Å². The van der Waals surface area contributed by atoms with Gasteiger partial charge in [0.15, 0.2) is 0 Å². The normalized spacial score (nSPS) is 18.3. The molecule has 0 aliphatic carbocycles. The van der Waals surface area contributed by atoms with Crippen LogP contribution in [0.2, 0.25) is 0 Å². The summed E-state index contributed by atoms with van der Waals surface area (Å²) in [5.41, 5.74) is 0.219. The molecule has 2 N–H and O–H groups in total. The predicted molar refractivity (Wildman–Crippen MR) is 85.7 cm³/mol. The molecule has 1 aliphatic rings. The van der Waals surface area contributed by atoms with E-state index < -0.39 is 11.4 Å². The number of amides is 1. The number of ether oxygens (including phenoxy) is 1. The Balaban J connectivity index is 1.74. The lowest BCUT2D eigenvalue weighted by Gasteiger charge is -2.24. The van der Waals surface area contributed by atoms with E-state index in [-0.39, 0.29) is 11.8 Å². The Bertz CT molecular complexity index is 537. The minimum atomic E-state index is -0.479. The van der Waals surface area contributed by atoms with Gasteiger partial charge in [-0.15, -0.1) is 0 Å². The number of halogens is 1. The third kappa shape index (κ3) is 5.71. The first kappa shape index (κ1) is 17.5. The van der Waals surface area contributed by atoms with Crippen LogP contribution in [0.15, 0.2) is 18.2 Å². The fourth-order valence-electron chi connectivity index (χ4n) is 2.65. The minimum Gasteiger partial charge on any atom is -0.508 e. The number of benzene rings is 1. The average Bonchev–Trinajstić information content (AvgIpc) is 2.84. The zero-order chi connectivity index (χ0) is 17.0. The van der Waals surface area contributed by atoms with Gasteiger partial charge in [-0.1, -0.05) is 0 Å². The van der Waals surface area contributed by atoms with Gasteiger partial charge in [-0.2, -0.15) is 0 Å². The van der Waals surface area contributed by atoms with Crippen LogP contribution in [0, 0.1) is 11.7 Å². The molecule has 1 saturated heterocycles. The first-order chi connectivity index (χ1) is 10.7. The number of hydrogen-bond donors (Lipinski definition) is 2. The molecule has 0 radical (unpaired) electrons. The lowest BCUT2D eigenvalue weighted by molar-refractivity contribution is 0.0288. The van der Waals surface area contributed by atoms with Gasteiger partial charge in [0, 0.05) is 32.2 Å². The molecule has 128 valence electrons. The zero-order valence-electron chi connectivity index (χ0n) is 13.9. The highest BCUT2D eigenvalue weighted by atomic mass is 19.1. The number of carbonyl (C=O) groups is 1. The maximum Gasteiger partial charge on any atom is 0.410 e. The number of rotatable bonds is 4. The second kappa shape index (κ2) is 7.17. The Kier molecular flexibility index (Phi) is 5.46. The summed E-state index contributed by atoms with van der Waals surface area (Å²) in [4.78, 5) is 13.7. The van der Waals surface area contributed by atoms with Crippen LogP contribution in [-0.2, 0) is 11.3 Å². The van der Waals surface area contributed by atoms with Crippen LogP contribution >= 0.6 is 0 Å². The largest absolute Gasteiger partial charge is 0.508 e. The lowest BCUT2D eigenvalue weighted by atomic mass is 10.1. The van der Waals surface area contributed by atoms with E-state index in [9.17, 15) is 14.3 Å². The molecule has 1 unspecified atom stereocenters. The topological polar surface area (TPSA) is 61.8 Å². The van der Waals surface area contributed by atoms with Gasteiger partial charge in [0.05, 0.1) is 0 Å². The number of nitrogens with one attached hydrogen (secondary N) is 1. The molecule has 0 saturated carbocycles. The molecular formula is C17H25FN2O3. The van der Waals surface area contributed by atoms with Crippen LogP contribution in [0.3, 0.4) is 0 Å². The van der Waals surface area contributed by atoms with Crippen molar-refractivity contribution in [1.29, 1.82) is 0 Å². The summed E-state index contributed by atoms with van der Waals surface area (Å²) in [7, 11) is 0. The summed E-state index contributed by atoms with van der Waals surface area (Å²) >= 11 is 0. The van der Waals surface area contributed by atoms with Gasteiger partial charge in [-0.3, -0.25) is 0 Å². The molecule has 1 heterocycles. The van der Waals surface area contributed by atoms with Crippen molar-refractivity contribution >= 4 is 6.09 Å². The predicted octanol–water partition coefficient (Wildman–Crippen LogP) is 2.88. The maximum atomic E-state index is 13.2. The van der Waals surface area contributed by atoms with E-state index in [1.165, 1.54) is 12.1 Å². The SMILES string of the molecule is CC(C)(C)OC(=O)N1CCC(CNCc2cc(O)cc(F)c2)C1. The summed E-state index contributed by atoms with van der Waals surface area (Å²) in [6, 6.07) is 4.02. The summed E-state index contributed by atoms with van der Waals surface area (Å²) < 4.78 is 18.6. The standard InChI is InChI=1S/C17H25FN2O3/c1-17(2,3)23-16(22)20-5-4-12(11-20)9-19-10-13-6-14(18)8-15(21)7-13/h6-8,12,19,21H,4-5,9-11H2,1-3H3. The molecule has 1 amide bonds. The third-order valence-electron chi connectivity index (χ3n) is 3.64. The van der Waals surface area contributed by atoms with E-state index in [0.717, 1.165) is 19.0 Å². The number of hydrogen-bond acceptors (Lipinski definition) is 4.